The van der Waals surface area contributed by atoms with Crippen molar-refractivity contribution >= 4 is 5.78 Å². The van der Waals surface area contributed by atoms with Crippen LogP contribution in [-0.2, 0) is 4.79 Å². The van der Waals surface area contributed by atoms with Gasteiger partial charge in [0.2, 0.25) is 0 Å². The summed E-state index contributed by atoms with van der Waals surface area (Å²) in [6, 6.07) is 3.77. The van der Waals surface area contributed by atoms with E-state index in [-0.39, 0.29) is 17.1 Å². The first-order chi connectivity index (χ1) is 8.08. The molecular weight excluding hydrogens is 216 g/mol. The van der Waals surface area contributed by atoms with Crippen LogP contribution in [0.1, 0.15) is 50.7 Å². The Hall–Kier alpha value is -1.09. The third kappa shape index (κ3) is 1.29. The summed E-state index contributed by atoms with van der Waals surface area (Å²) in [5.74, 6) is 0.884. The largest absolute Gasteiger partial charge is 0.469 e. The Balaban J connectivity index is 2.06. The molecule has 1 aromatic rings. The van der Waals surface area contributed by atoms with E-state index in [0.717, 1.165) is 25.0 Å². The minimum Gasteiger partial charge on any atom is -0.469 e. The van der Waals surface area contributed by atoms with Crippen molar-refractivity contribution in [1.82, 2.24) is 0 Å². The van der Waals surface area contributed by atoms with Crippen molar-refractivity contribution in [2.45, 2.75) is 50.5 Å². The summed E-state index contributed by atoms with van der Waals surface area (Å²) >= 11 is 0. The molecule has 1 N–H and O–H groups in total. The van der Waals surface area contributed by atoms with E-state index < -0.39 is 5.60 Å². The molecule has 0 amide bonds. The first-order valence-corrected chi connectivity index (χ1v) is 6.37. The second kappa shape index (κ2) is 3.45. The normalized spacial score (nSPS) is 41.5. The number of hydrogen-bond acceptors (Lipinski definition) is 3. The average molecular weight is 234 g/mol. The van der Waals surface area contributed by atoms with Gasteiger partial charge in [-0.05, 0) is 25.0 Å². The number of carbonyl (C=O) groups excluding carboxylic acids is 1. The Morgan fingerprint density at radius 3 is 2.88 bits per heavy atom. The highest BCUT2D eigenvalue weighted by molar-refractivity contribution is 5.92. The zero-order valence-electron chi connectivity index (χ0n) is 10.1. The van der Waals surface area contributed by atoms with Gasteiger partial charge in [0.05, 0.1) is 6.26 Å². The molecule has 0 spiro atoms. The number of furan rings is 1. The summed E-state index contributed by atoms with van der Waals surface area (Å²) in [7, 11) is 0. The van der Waals surface area contributed by atoms with Crippen LogP contribution in [0, 0.1) is 5.41 Å². The zero-order chi connectivity index (χ0) is 12.1. The number of hydrogen-bond donors (Lipinski definition) is 1. The number of aliphatic hydroxyl groups is 1. The van der Waals surface area contributed by atoms with Crippen LogP contribution in [0.5, 0.6) is 0 Å². The summed E-state index contributed by atoms with van der Waals surface area (Å²) in [6.45, 7) is 2.05. The van der Waals surface area contributed by atoms with Gasteiger partial charge in [0.1, 0.15) is 11.4 Å². The first kappa shape index (κ1) is 11.0. The third-order valence-corrected chi connectivity index (χ3v) is 4.94. The van der Waals surface area contributed by atoms with Gasteiger partial charge in [-0.3, -0.25) is 4.79 Å². The van der Waals surface area contributed by atoms with Gasteiger partial charge in [0.15, 0.2) is 5.78 Å². The number of ketones is 1. The molecule has 0 saturated heterocycles. The fourth-order valence-corrected chi connectivity index (χ4v) is 3.77. The zero-order valence-corrected chi connectivity index (χ0v) is 10.1. The van der Waals surface area contributed by atoms with Crippen molar-refractivity contribution in [3.8, 4) is 0 Å². The minimum atomic E-state index is -1.12. The highest BCUT2D eigenvalue weighted by Crippen LogP contribution is 2.59. The molecule has 2 saturated carbocycles. The Kier molecular flexibility index (Phi) is 2.24. The molecule has 3 atom stereocenters. The van der Waals surface area contributed by atoms with Gasteiger partial charge < -0.3 is 9.52 Å². The highest BCUT2D eigenvalue weighted by Gasteiger charge is 2.63. The lowest BCUT2D eigenvalue weighted by Crippen LogP contribution is -2.50. The van der Waals surface area contributed by atoms with Crippen molar-refractivity contribution in [1.29, 1.82) is 0 Å². The van der Waals surface area contributed by atoms with Crippen molar-refractivity contribution < 1.29 is 14.3 Å². The molecule has 1 aromatic heterocycles. The third-order valence-electron chi connectivity index (χ3n) is 4.94. The minimum absolute atomic E-state index is 0.00102. The van der Waals surface area contributed by atoms with Crippen LogP contribution in [0.4, 0.5) is 0 Å². The van der Waals surface area contributed by atoms with Crippen LogP contribution in [0.15, 0.2) is 22.8 Å². The second-order valence-corrected chi connectivity index (χ2v) is 5.68. The maximum Gasteiger partial charge on any atom is 0.165 e. The lowest BCUT2D eigenvalue weighted by atomic mass is 9.62. The molecule has 0 bridgehead atoms. The van der Waals surface area contributed by atoms with Crippen molar-refractivity contribution in [3.63, 3.8) is 0 Å². The van der Waals surface area contributed by atoms with Gasteiger partial charge in [-0.1, -0.05) is 19.8 Å². The molecule has 2 fully saturated rings. The number of rotatable bonds is 1. The standard InChI is InChI=1S/C14H18O3/c1-13-6-2-3-7-14(13,16)12(15)9-10(13)11-5-4-8-17-11/h4-5,8,10,16H,2-3,6-7,9H2,1H3/t10-,13+,14+/m0/s1. The van der Waals surface area contributed by atoms with Crippen LogP contribution in [0.3, 0.4) is 0 Å². The van der Waals surface area contributed by atoms with Crippen LogP contribution in [-0.4, -0.2) is 16.5 Å². The van der Waals surface area contributed by atoms with Crippen LogP contribution in [0.2, 0.25) is 0 Å². The molecule has 3 heteroatoms. The summed E-state index contributed by atoms with van der Waals surface area (Å²) in [6.07, 6.45) is 5.61. The molecule has 0 radical (unpaired) electrons. The fraction of sp³-hybridized carbons (Fsp3) is 0.643. The monoisotopic (exact) mass is 234 g/mol. The highest BCUT2D eigenvalue weighted by atomic mass is 16.3. The number of fused-ring (bicyclic) bond motifs is 1. The summed E-state index contributed by atoms with van der Waals surface area (Å²) < 4.78 is 5.46. The van der Waals surface area contributed by atoms with Gasteiger partial charge in [-0.25, -0.2) is 0 Å². The molecule has 0 aliphatic heterocycles. The molecule has 3 rings (SSSR count). The van der Waals surface area contributed by atoms with E-state index >= 15 is 0 Å². The van der Waals surface area contributed by atoms with Crippen molar-refractivity contribution in [2.75, 3.05) is 0 Å². The number of Topliss-reactive ketones (excluding diaryl/α,β-unsaturated/α-hetero) is 1. The molecule has 2 aliphatic carbocycles. The lowest BCUT2D eigenvalue weighted by Gasteiger charge is -2.44. The Morgan fingerprint density at radius 2 is 2.18 bits per heavy atom. The van der Waals surface area contributed by atoms with E-state index in [1.165, 1.54) is 0 Å². The van der Waals surface area contributed by atoms with E-state index in [0.29, 0.717) is 12.8 Å². The Labute approximate surface area is 101 Å². The lowest BCUT2D eigenvalue weighted by molar-refractivity contribution is -0.148. The molecule has 1 heterocycles. The van der Waals surface area contributed by atoms with Gasteiger partial charge in [-0.2, -0.15) is 0 Å². The van der Waals surface area contributed by atoms with Crippen molar-refractivity contribution in [2.24, 2.45) is 5.41 Å². The van der Waals surface area contributed by atoms with E-state index in [2.05, 4.69) is 0 Å². The topological polar surface area (TPSA) is 50.4 Å². The van der Waals surface area contributed by atoms with Gasteiger partial charge in [0.25, 0.3) is 0 Å². The van der Waals surface area contributed by atoms with E-state index in [9.17, 15) is 9.90 Å². The van der Waals surface area contributed by atoms with Gasteiger partial charge >= 0.3 is 0 Å². The predicted molar refractivity (Wildman–Crippen MR) is 62.6 cm³/mol. The average Bonchev–Trinajstić information content (AvgIpc) is 2.88. The molecule has 3 nitrogen and oxygen atoms in total. The summed E-state index contributed by atoms with van der Waals surface area (Å²) in [4.78, 5) is 12.1. The summed E-state index contributed by atoms with van der Waals surface area (Å²) in [5.41, 5.74) is -1.47. The van der Waals surface area contributed by atoms with Crippen molar-refractivity contribution in [3.05, 3.63) is 24.2 Å². The molecule has 92 valence electrons. The quantitative estimate of drug-likeness (QED) is 0.812. The maximum absolute atomic E-state index is 12.1. The molecule has 2 aliphatic rings. The first-order valence-electron chi connectivity index (χ1n) is 6.37. The van der Waals surface area contributed by atoms with E-state index in [4.69, 9.17) is 4.42 Å². The van der Waals surface area contributed by atoms with E-state index in [1.54, 1.807) is 6.26 Å². The molecule has 0 aromatic carbocycles. The Bertz CT molecular complexity index is 436. The smallest absolute Gasteiger partial charge is 0.165 e. The van der Waals surface area contributed by atoms with Crippen LogP contribution in [0.25, 0.3) is 0 Å². The predicted octanol–water partition coefficient (Wildman–Crippen LogP) is 2.65. The maximum atomic E-state index is 12.1. The SMILES string of the molecule is C[C@]12CCCC[C@@]1(O)C(=O)C[C@H]2c1ccco1. The van der Waals surface area contributed by atoms with Crippen LogP contribution < -0.4 is 0 Å². The number of carbonyl (C=O) groups is 1. The molecule has 17 heavy (non-hydrogen) atoms. The van der Waals surface area contributed by atoms with Crippen LogP contribution >= 0.6 is 0 Å². The Morgan fingerprint density at radius 1 is 1.41 bits per heavy atom. The molecule has 0 unspecified atom stereocenters. The van der Waals surface area contributed by atoms with Gasteiger partial charge in [-0.15, -0.1) is 0 Å². The van der Waals surface area contributed by atoms with E-state index in [1.807, 2.05) is 19.1 Å². The fourth-order valence-electron chi connectivity index (χ4n) is 3.77. The summed E-state index contributed by atoms with van der Waals surface area (Å²) in [5, 5.41) is 10.7. The van der Waals surface area contributed by atoms with Gasteiger partial charge in [0, 0.05) is 17.8 Å². The molecular formula is C14H18O3. The second-order valence-electron chi connectivity index (χ2n) is 5.68.